The minimum Gasteiger partial charge on any atom is -0.494 e. The number of halogens is 4. The van der Waals surface area contributed by atoms with Crippen LogP contribution in [0.5, 0.6) is 11.5 Å². The zero-order valence-electron chi connectivity index (χ0n) is 18.7. The summed E-state index contributed by atoms with van der Waals surface area (Å²) in [6.45, 7) is 4.65. The third-order valence-corrected chi connectivity index (χ3v) is 5.13. The topological polar surface area (TPSA) is 119 Å². The molecule has 0 saturated carbocycles. The highest BCUT2D eigenvalue weighted by molar-refractivity contribution is 5.92. The van der Waals surface area contributed by atoms with Crippen molar-refractivity contribution in [3.63, 3.8) is 0 Å². The Balaban J connectivity index is 1.80. The SMILES string of the molecule is COc1cc2c(C)nc(Nc3nc4c(C)cc(C)c(OC(=O)C(F)(F)F)c4c(=O)[nH]3)nc2cc1F. The average molecular weight is 491 g/mol. The lowest BCUT2D eigenvalue weighted by Crippen LogP contribution is -2.29. The Bertz CT molecular complexity index is 1570. The van der Waals surface area contributed by atoms with Crippen molar-refractivity contribution in [2.75, 3.05) is 12.4 Å². The van der Waals surface area contributed by atoms with Crippen LogP contribution >= 0.6 is 0 Å². The minimum absolute atomic E-state index is 0.000108. The number of nitrogens with zero attached hydrogens (tertiary/aromatic N) is 3. The molecular weight excluding hydrogens is 474 g/mol. The van der Waals surface area contributed by atoms with E-state index in [-0.39, 0.29) is 39.6 Å². The van der Waals surface area contributed by atoms with Gasteiger partial charge in [-0.25, -0.2) is 24.1 Å². The van der Waals surface area contributed by atoms with Crippen molar-refractivity contribution in [2.45, 2.75) is 26.9 Å². The number of anilines is 2. The van der Waals surface area contributed by atoms with Gasteiger partial charge in [0.25, 0.3) is 5.56 Å². The van der Waals surface area contributed by atoms with Crippen LogP contribution in [0.1, 0.15) is 16.8 Å². The van der Waals surface area contributed by atoms with Gasteiger partial charge in [0.05, 0.1) is 23.8 Å². The van der Waals surface area contributed by atoms with E-state index in [2.05, 4.69) is 30.0 Å². The Morgan fingerprint density at radius 2 is 1.77 bits per heavy atom. The van der Waals surface area contributed by atoms with E-state index in [4.69, 9.17) is 4.74 Å². The van der Waals surface area contributed by atoms with Crippen molar-refractivity contribution >= 4 is 39.7 Å². The first-order valence-electron chi connectivity index (χ1n) is 10.0. The number of aromatic nitrogens is 4. The normalized spacial score (nSPS) is 11.7. The van der Waals surface area contributed by atoms with Gasteiger partial charge in [-0.15, -0.1) is 0 Å². The molecule has 0 aliphatic rings. The number of hydrogen-bond donors (Lipinski definition) is 2. The largest absolute Gasteiger partial charge is 0.494 e. The second-order valence-corrected chi connectivity index (χ2v) is 7.63. The molecule has 4 aromatic rings. The smallest absolute Gasteiger partial charge is 0.491 e. The van der Waals surface area contributed by atoms with Crippen LogP contribution in [0, 0.1) is 26.6 Å². The number of carbonyl (C=O) groups excluding carboxylic acids is 1. The first-order valence-corrected chi connectivity index (χ1v) is 10.0. The van der Waals surface area contributed by atoms with Gasteiger partial charge in [-0.3, -0.25) is 15.1 Å². The second kappa shape index (κ2) is 8.49. The first-order chi connectivity index (χ1) is 16.4. The monoisotopic (exact) mass is 491 g/mol. The Hall–Kier alpha value is -4.29. The van der Waals surface area contributed by atoms with Crippen LogP contribution in [0.4, 0.5) is 29.5 Å². The molecule has 4 rings (SSSR count). The van der Waals surface area contributed by atoms with E-state index < -0.39 is 29.3 Å². The van der Waals surface area contributed by atoms with E-state index in [1.807, 2.05) is 0 Å². The van der Waals surface area contributed by atoms with Crippen molar-refractivity contribution in [3.05, 3.63) is 51.2 Å². The van der Waals surface area contributed by atoms with Gasteiger partial charge in [0.2, 0.25) is 11.9 Å². The lowest BCUT2D eigenvalue weighted by atomic mass is 10.1. The van der Waals surface area contributed by atoms with Crippen molar-refractivity contribution in [1.82, 2.24) is 19.9 Å². The summed E-state index contributed by atoms with van der Waals surface area (Å²) in [4.78, 5) is 39.3. The van der Waals surface area contributed by atoms with Crippen molar-refractivity contribution in [2.24, 2.45) is 0 Å². The van der Waals surface area contributed by atoms with E-state index >= 15 is 0 Å². The van der Waals surface area contributed by atoms with Crippen LogP contribution < -0.4 is 20.3 Å². The number of esters is 1. The molecule has 0 atom stereocenters. The van der Waals surface area contributed by atoms with Gasteiger partial charge in [0, 0.05) is 11.5 Å². The number of aryl methyl sites for hydroxylation is 3. The molecular formula is C22H17F4N5O4. The average Bonchev–Trinajstić information content (AvgIpc) is 2.75. The summed E-state index contributed by atoms with van der Waals surface area (Å²) in [6.07, 6.45) is -5.25. The maximum atomic E-state index is 14.1. The van der Waals surface area contributed by atoms with E-state index in [9.17, 15) is 27.2 Å². The van der Waals surface area contributed by atoms with E-state index in [1.165, 1.54) is 32.2 Å². The van der Waals surface area contributed by atoms with Gasteiger partial charge < -0.3 is 9.47 Å². The highest BCUT2D eigenvalue weighted by Gasteiger charge is 2.42. The maximum Gasteiger partial charge on any atom is 0.491 e. The number of benzene rings is 2. The number of hydrogen-bond acceptors (Lipinski definition) is 8. The standard InChI is InChI=1S/C22H17F4N5O4/c1-8-5-9(2)17(35-19(33)22(24,25)26)15-16(8)29-21(30-18(15)32)31-20-27-10(3)11-6-14(34-4)12(23)7-13(11)28-20/h5-7H,1-4H3,(H2,27,28,29,30,31,32). The molecule has 35 heavy (non-hydrogen) atoms. The summed E-state index contributed by atoms with van der Waals surface area (Å²) in [5.74, 6) is -3.76. The van der Waals surface area contributed by atoms with Crippen LogP contribution in [0.3, 0.4) is 0 Å². The van der Waals surface area contributed by atoms with Gasteiger partial charge >= 0.3 is 12.1 Å². The Morgan fingerprint density at radius 1 is 1.06 bits per heavy atom. The fraction of sp³-hybridized carbons (Fsp3) is 0.227. The van der Waals surface area contributed by atoms with Gasteiger partial charge in [-0.05, 0) is 38.0 Å². The van der Waals surface area contributed by atoms with Gasteiger partial charge in [0.15, 0.2) is 11.6 Å². The molecule has 2 heterocycles. The third kappa shape index (κ3) is 4.44. The number of aromatic amines is 1. The molecule has 2 N–H and O–H groups in total. The molecule has 0 aliphatic carbocycles. The summed E-state index contributed by atoms with van der Waals surface area (Å²) in [7, 11) is 1.33. The van der Waals surface area contributed by atoms with E-state index in [0.717, 1.165) is 0 Å². The number of H-pyrrole nitrogens is 1. The fourth-order valence-corrected chi connectivity index (χ4v) is 3.57. The molecule has 0 radical (unpaired) electrons. The summed E-state index contributed by atoms with van der Waals surface area (Å²) in [6, 6.07) is 4.05. The maximum absolute atomic E-state index is 14.1. The van der Waals surface area contributed by atoms with E-state index in [1.54, 1.807) is 13.8 Å². The molecule has 13 heteroatoms. The predicted molar refractivity (Wildman–Crippen MR) is 118 cm³/mol. The Kier molecular flexibility index (Phi) is 5.79. The van der Waals surface area contributed by atoms with Gasteiger partial charge in [0.1, 0.15) is 11.1 Å². The third-order valence-electron chi connectivity index (χ3n) is 5.13. The molecule has 2 aromatic carbocycles. The highest BCUT2D eigenvalue weighted by Crippen LogP contribution is 2.32. The summed E-state index contributed by atoms with van der Waals surface area (Å²) in [5.41, 5.74) is 0.471. The van der Waals surface area contributed by atoms with Crippen LogP contribution in [0.25, 0.3) is 21.8 Å². The summed E-state index contributed by atoms with van der Waals surface area (Å²) in [5, 5.41) is 2.93. The van der Waals surface area contributed by atoms with Crippen LogP contribution in [0.2, 0.25) is 0 Å². The molecule has 0 aliphatic heterocycles. The Labute approximate surface area is 194 Å². The molecule has 182 valence electrons. The molecule has 9 nitrogen and oxygen atoms in total. The second-order valence-electron chi connectivity index (χ2n) is 7.63. The van der Waals surface area contributed by atoms with Crippen LogP contribution in [0.15, 0.2) is 23.0 Å². The lowest BCUT2D eigenvalue weighted by Gasteiger charge is -2.14. The fourth-order valence-electron chi connectivity index (χ4n) is 3.57. The van der Waals surface area contributed by atoms with Crippen molar-refractivity contribution in [3.8, 4) is 11.5 Å². The Morgan fingerprint density at radius 3 is 2.43 bits per heavy atom. The van der Waals surface area contributed by atoms with Gasteiger partial charge in [-0.1, -0.05) is 6.07 Å². The zero-order valence-corrected chi connectivity index (χ0v) is 18.7. The number of carbonyl (C=O) groups is 1. The number of methoxy groups -OCH3 is 1. The minimum atomic E-state index is -5.25. The van der Waals surface area contributed by atoms with Crippen molar-refractivity contribution in [1.29, 1.82) is 0 Å². The van der Waals surface area contributed by atoms with Crippen LogP contribution in [-0.2, 0) is 4.79 Å². The number of rotatable bonds is 4. The zero-order chi connectivity index (χ0) is 25.7. The van der Waals surface area contributed by atoms with Gasteiger partial charge in [-0.2, -0.15) is 13.2 Å². The summed E-state index contributed by atoms with van der Waals surface area (Å²) < 4.78 is 61.8. The quantitative estimate of drug-likeness (QED) is 0.248. The molecule has 0 unspecified atom stereocenters. The molecule has 0 amide bonds. The highest BCUT2D eigenvalue weighted by atomic mass is 19.4. The lowest BCUT2D eigenvalue weighted by molar-refractivity contribution is -0.189. The van der Waals surface area contributed by atoms with Crippen LogP contribution in [-0.4, -0.2) is 39.2 Å². The number of nitrogens with one attached hydrogen (secondary N) is 2. The molecule has 0 bridgehead atoms. The number of fused-ring (bicyclic) bond motifs is 2. The molecule has 0 saturated heterocycles. The van der Waals surface area contributed by atoms with E-state index in [0.29, 0.717) is 16.6 Å². The molecule has 2 aromatic heterocycles. The summed E-state index contributed by atoms with van der Waals surface area (Å²) >= 11 is 0. The molecule has 0 fully saturated rings. The number of alkyl halides is 3. The molecule has 0 spiro atoms. The number of ether oxygens (including phenoxy) is 2. The first kappa shape index (κ1) is 23.9. The van der Waals surface area contributed by atoms with Crippen molar-refractivity contribution < 1.29 is 31.8 Å². The predicted octanol–water partition coefficient (Wildman–Crippen LogP) is 4.15.